The molecule has 1 N–H and O–H groups in total. The first kappa shape index (κ1) is 14.3. The third-order valence-electron chi connectivity index (χ3n) is 5.11. The summed E-state index contributed by atoms with van der Waals surface area (Å²) in [7, 11) is 1.55. The number of benzene rings is 1. The third kappa shape index (κ3) is 2.25. The molecule has 106 valence electrons. The standard InChI is InChI=1S/C16H24FNO/c1-10(18-14-15(2,3)16(14,4)5)12-8-7-11(19-6)9-13(12)17/h7-10,14,18H,1-6H3. The van der Waals surface area contributed by atoms with E-state index in [1.54, 1.807) is 19.2 Å². The van der Waals surface area contributed by atoms with Gasteiger partial charge >= 0.3 is 0 Å². The molecule has 1 saturated carbocycles. The SMILES string of the molecule is COc1ccc(C(C)NC2C(C)(C)C2(C)C)c(F)c1. The molecular weight excluding hydrogens is 241 g/mol. The first-order chi connectivity index (χ1) is 8.71. The minimum atomic E-state index is -0.212. The highest BCUT2D eigenvalue weighted by atomic mass is 19.1. The lowest BCUT2D eigenvalue weighted by Crippen LogP contribution is -2.26. The van der Waals surface area contributed by atoms with Gasteiger partial charge in [-0.25, -0.2) is 4.39 Å². The molecule has 0 spiro atoms. The fourth-order valence-electron chi connectivity index (χ4n) is 2.94. The van der Waals surface area contributed by atoms with Gasteiger partial charge in [0, 0.05) is 23.7 Å². The van der Waals surface area contributed by atoms with Gasteiger partial charge < -0.3 is 10.1 Å². The Hall–Kier alpha value is -1.09. The molecule has 1 atom stereocenters. The van der Waals surface area contributed by atoms with Crippen molar-refractivity contribution >= 4 is 0 Å². The van der Waals surface area contributed by atoms with E-state index in [-0.39, 0.29) is 22.7 Å². The lowest BCUT2D eigenvalue weighted by Gasteiger charge is -2.17. The summed E-state index contributed by atoms with van der Waals surface area (Å²) in [4.78, 5) is 0. The largest absolute Gasteiger partial charge is 0.497 e. The molecule has 19 heavy (non-hydrogen) atoms. The summed E-state index contributed by atoms with van der Waals surface area (Å²) in [5, 5.41) is 3.55. The predicted octanol–water partition coefficient (Wildman–Crippen LogP) is 3.92. The van der Waals surface area contributed by atoms with Crippen molar-refractivity contribution < 1.29 is 9.13 Å². The second kappa shape index (κ2) is 4.48. The van der Waals surface area contributed by atoms with Crippen LogP contribution in [-0.4, -0.2) is 13.2 Å². The van der Waals surface area contributed by atoms with Gasteiger partial charge in [-0.2, -0.15) is 0 Å². The molecule has 1 unspecified atom stereocenters. The maximum Gasteiger partial charge on any atom is 0.131 e. The minimum Gasteiger partial charge on any atom is -0.497 e. The average molecular weight is 265 g/mol. The van der Waals surface area contributed by atoms with Crippen LogP contribution in [0.25, 0.3) is 0 Å². The first-order valence-electron chi connectivity index (χ1n) is 6.81. The topological polar surface area (TPSA) is 21.3 Å². The van der Waals surface area contributed by atoms with E-state index < -0.39 is 0 Å². The Labute approximate surface area is 115 Å². The summed E-state index contributed by atoms with van der Waals surface area (Å²) < 4.78 is 19.1. The molecule has 1 aliphatic carbocycles. The molecule has 2 rings (SSSR count). The van der Waals surface area contributed by atoms with Crippen molar-refractivity contribution in [3.63, 3.8) is 0 Å². The molecule has 1 aromatic carbocycles. The summed E-state index contributed by atoms with van der Waals surface area (Å²) in [6.07, 6.45) is 0. The van der Waals surface area contributed by atoms with Gasteiger partial charge in [-0.15, -0.1) is 0 Å². The van der Waals surface area contributed by atoms with Crippen LogP contribution in [0.15, 0.2) is 18.2 Å². The van der Waals surface area contributed by atoms with Crippen molar-refractivity contribution in [3.8, 4) is 5.75 Å². The Bertz CT molecular complexity index is 468. The second-order valence-electron chi connectivity index (χ2n) is 6.65. The van der Waals surface area contributed by atoms with Crippen LogP contribution in [-0.2, 0) is 0 Å². The number of rotatable bonds is 4. The van der Waals surface area contributed by atoms with Crippen LogP contribution in [0.3, 0.4) is 0 Å². The number of nitrogens with one attached hydrogen (secondary N) is 1. The molecule has 0 aromatic heterocycles. The van der Waals surface area contributed by atoms with E-state index in [1.165, 1.54) is 6.07 Å². The fourth-order valence-corrected chi connectivity index (χ4v) is 2.94. The van der Waals surface area contributed by atoms with Gasteiger partial charge in [0.15, 0.2) is 0 Å². The van der Waals surface area contributed by atoms with Crippen molar-refractivity contribution in [1.29, 1.82) is 0 Å². The van der Waals surface area contributed by atoms with E-state index >= 15 is 0 Å². The Morgan fingerprint density at radius 2 is 1.79 bits per heavy atom. The average Bonchev–Trinajstić information content (AvgIpc) is 2.71. The number of hydrogen-bond acceptors (Lipinski definition) is 2. The van der Waals surface area contributed by atoms with Crippen molar-refractivity contribution in [1.82, 2.24) is 5.32 Å². The second-order valence-corrected chi connectivity index (χ2v) is 6.65. The summed E-state index contributed by atoms with van der Waals surface area (Å²) >= 11 is 0. The van der Waals surface area contributed by atoms with Gasteiger partial charge in [0.1, 0.15) is 11.6 Å². The van der Waals surface area contributed by atoms with Gasteiger partial charge in [-0.05, 0) is 23.8 Å². The minimum absolute atomic E-state index is 0.00282. The van der Waals surface area contributed by atoms with Crippen molar-refractivity contribution in [2.45, 2.75) is 46.7 Å². The lowest BCUT2D eigenvalue weighted by molar-refractivity contribution is 0.408. The Morgan fingerprint density at radius 3 is 2.21 bits per heavy atom. The van der Waals surface area contributed by atoms with Crippen molar-refractivity contribution in [2.75, 3.05) is 7.11 Å². The van der Waals surface area contributed by atoms with Crippen molar-refractivity contribution in [3.05, 3.63) is 29.6 Å². The van der Waals surface area contributed by atoms with Gasteiger partial charge in [0.05, 0.1) is 7.11 Å². The third-order valence-corrected chi connectivity index (χ3v) is 5.11. The van der Waals surface area contributed by atoms with Crippen LogP contribution in [0.1, 0.15) is 46.2 Å². The number of halogens is 1. The molecule has 0 radical (unpaired) electrons. The molecule has 1 aromatic rings. The molecule has 0 amide bonds. The molecule has 0 bridgehead atoms. The smallest absolute Gasteiger partial charge is 0.131 e. The fraction of sp³-hybridized carbons (Fsp3) is 0.625. The zero-order valence-electron chi connectivity index (χ0n) is 12.7. The van der Waals surface area contributed by atoms with Gasteiger partial charge in [0.2, 0.25) is 0 Å². The molecule has 2 nitrogen and oxygen atoms in total. The monoisotopic (exact) mass is 265 g/mol. The Kier molecular flexibility index (Phi) is 3.38. The Balaban J connectivity index is 2.12. The zero-order valence-corrected chi connectivity index (χ0v) is 12.7. The molecule has 0 heterocycles. The van der Waals surface area contributed by atoms with E-state index in [2.05, 4.69) is 33.0 Å². The maximum atomic E-state index is 14.0. The lowest BCUT2D eigenvalue weighted by atomic mass is 10.0. The van der Waals surface area contributed by atoms with Crippen LogP contribution in [0.2, 0.25) is 0 Å². The van der Waals surface area contributed by atoms with Crippen LogP contribution >= 0.6 is 0 Å². The quantitative estimate of drug-likeness (QED) is 0.891. The number of ether oxygens (including phenoxy) is 1. The molecule has 1 aliphatic rings. The van der Waals surface area contributed by atoms with Crippen molar-refractivity contribution in [2.24, 2.45) is 10.8 Å². The summed E-state index contributed by atoms with van der Waals surface area (Å²) in [6.45, 7) is 11.0. The van der Waals surface area contributed by atoms with E-state index in [1.807, 2.05) is 6.92 Å². The zero-order chi connectivity index (χ0) is 14.4. The van der Waals surface area contributed by atoms with Gasteiger partial charge in [-0.3, -0.25) is 0 Å². The summed E-state index contributed by atoms with van der Waals surface area (Å²) in [5.41, 5.74) is 1.20. The molecule has 0 saturated heterocycles. The van der Waals surface area contributed by atoms with Crippen LogP contribution < -0.4 is 10.1 Å². The number of hydrogen-bond donors (Lipinski definition) is 1. The first-order valence-corrected chi connectivity index (χ1v) is 6.81. The highest BCUT2D eigenvalue weighted by molar-refractivity contribution is 5.31. The maximum absolute atomic E-state index is 14.0. The predicted molar refractivity (Wildman–Crippen MR) is 75.9 cm³/mol. The van der Waals surface area contributed by atoms with E-state index in [4.69, 9.17) is 4.74 Å². The normalized spacial score (nSPS) is 22.1. The van der Waals surface area contributed by atoms with Crippen LogP contribution in [0, 0.1) is 16.6 Å². The Morgan fingerprint density at radius 1 is 1.21 bits per heavy atom. The highest BCUT2D eigenvalue weighted by Gasteiger charge is 2.64. The molecule has 3 heteroatoms. The number of methoxy groups -OCH3 is 1. The van der Waals surface area contributed by atoms with Crippen LogP contribution in [0.4, 0.5) is 4.39 Å². The van der Waals surface area contributed by atoms with E-state index in [9.17, 15) is 4.39 Å². The molecule has 1 fully saturated rings. The van der Waals surface area contributed by atoms with Crippen LogP contribution in [0.5, 0.6) is 5.75 Å². The molecule has 0 aliphatic heterocycles. The van der Waals surface area contributed by atoms with E-state index in [0.29, 0.717) is 17.4 Å². The summed E-state index contributed by atoms with van der Waals surface area (Å²) in [6, 6.07) is 5.46. The van der Waals surface area contributed by atoms with E-state index in [0.717, 1.165) is 0 Å². The summed E-state index contributed by atoms with van der Waals surface area (Å²) in [5.74, 6) is 0.344. The van der Waals surface area contributed by atoms with Gasteiger partial charge in [-0.1, -0.05) is 33.8 Å². The van der Waals surface area contributed by atoms with Gasteiger partial charge in [0.25, 0.3) is 0 Å². The highest BCUT2D eigenvalue weighted by Crippen LogP contribution is 2.63. The molecular formula is C16H24FNO.